The van der Waals surface area contributed by atoms with Gasteiger partial charge < -0.3 is 19.5 Å². The first kappa shape index (κ1) is 27.0. The number of rotatable bonds is 8. The zero-order valence-electron chi connectivity index (χ0n) is 23.0. The predicted octanol–water partition coefficient (Wildman–Crippen LogP) is 5.37. The molecule has 0 radical (unpaired) electrons. The normalized spacial score (nSPS) is 23.6. The summed E-state index contributed by atoms with van der Waals surface area (Å²) in [5, 5.41) is 11.9. The quantitative estimate of drug-likeness (QED) is 0.406. The van der Waals surface area contributed by atoms with E-state index in [1.54, 1.807) is 19.5 Å². The Bertz CT molecular complexity index is 1420. The minimum atomic E-state index is -4.57. The molecular weight excluding hydrogens is 519 g/mol. The number of aromatic nitrogens is 3. The minimum Gasteiger partial charge on any atom is -0.381 e. The number of para-hydroxylation sites is 1. The molecule has 212 valence electrons. The van der Waals surface area contributed by atoms with Crippen molar-refractivity contribution in [3.63, 3.8) is 0 Å². The van der Waals surface area contributed by atoms with Gasteiger partial charge in [0.2, 0.25) is 0 Å². The third-order valence-corrected chi connectivity index (χ3v) is 9.23. The second kappa shape index (κ2) is 9.99. The number of hydrogen-bond donors (Lipinski definition) is 1. The van der Waals surface area contributed by atoms with E-state index in [9.17, 15) is 18.0 Å². The number of nitrogens with zero attached hydrogens (tertiary/aromatic N) is 4. The number of aryl methyl sites for hydroxylation is 1. The lowest BCUT2D eigenvalue weighted by atomic mass is 9.61. The van der Waals surface area contributed by atoms with Gasteiger partial charge in [0.25, 0.3) is 5.91 Å². The molecule has 10 heteroatoms. The molecule has 2 heterocycles. The van der Waals surface area contributed by atoms with Crippen LogP contribution in [0.3, 0.4) is 0 Å². The van der Waals surface area contributed by atoms with Crippen molar-refractivity contribution in [3.05, 3.63) is 76.4 Å². The van der Waals surface area contributed by atoms with E-state index < -0.39 is 23.1 Å². The van der Waals surface area contributed by atoms with Crippen LogP contribution in [0.25, 0.3) is 0 Å². The number of fused-ring (bicyclic) bond motifs is 1. The van der Waals surface area contributed by atoms with Crippen molar-refractivity contribution in [2.24, 2.45) is 13.0 Å². The van der Waals surface area contributed by atoms with Gasteiger partial charge >= 0.3 is 6.18 Å². The molecule has 40 heavy (non-hydrogen) atoms. The van der Waals surface area contributed by atoms with E-state index in [1.165, 1.54) is 17.4 Å². The highest BCUT2D eigenvalue weighted by Gasteiger charge is 2.52. The molecule has 6 rings (SSSR count). The number of alkyl halides is 3. The highest BCUT2D eigenvalue weighted by molar-refractivity contribution is 6.11. The molecule has 2 aromatic carbocycles. The summed E-state index contributed by atoms with van der Waals surface area (Å²) in [6.07, 6.45) is 1.80. The Morgan fingerprint density at radius 2 is 1.95 bits per heavy atom. The maximum absolute atomic E-state index is 14.3. The molecule has 2 aliphatic carbocycles. The molecule has 0 bridgehead atoms. The molecular formula is C30H34F3N5O2. The summed E-state index contributed by atoms with van der Waals surface area (Å²) in [6.45, 7) is 2.22. The predicted molar refractivity (Wildman–Crippen MR) is 144 cm³/mol. The second-order valence-electron chi connectivity index (χ2n) is 11.5. The van der Waals surface area contributed by atoms with Crippen LogP contribution in [0.2, 0.25) is 0 Å². The van der Waals surface area contributed by atoms with E-state index in [0.717, 1.165) is 24.2 Å². The van der Waals surface area contributed by atoms with E-state index in [0.29, 0.717) is 30.0 Å². The summed E-state index contributed by atoms with van der Waals surface area (Å²) in [7, 11) is 3.53. The van der Waals surface area contributed by atoms with Crippen LogP contribution in [0.1, 0.15) is 77.5 Å². The molecule has 1 N–H and O–H groups in total. The highest BCUT2D eigenvalue weighted by Crippen LogP contribution is 2.53. The lowest BCUT2D eigenvalue weighted by Gasteiger charge is -2.47. The Morgan fingerprint density at radius 1 is 1.20 bits per heavy atom. The number of benzene rings is 2. The number of methoxy groups -OCH3 is 1. The molecule has 0 unspecified atom stereocenters. The molecule has 1 aliphatic heterocycles. The average Bonchev–Trinajstić information content (AvgIpc) is 3.44. The van der Waals surface area contributed by atoms with Gasteiger partial charge in [0, 0.05) is 38.0 Å². The molecule has 1 aromatic heterocycles. The maximum Gasteiger partial charge on any atom is 0.416 e. The van der Waals surface area contributed by atoms with Crippen LogP contribution in [0, 0.1) is 5.92 Å². The largest absolute Gasteiger partial charge is 0.416 e. The smallest absolute Gasteiger partial charge is 0.381 e. The van der Waals surface area contributed by atoms with Crippen LogP contribution in [-0.2, 0) is 36.5 Å². The Kier molecular flexibility index (Phi) is 6.73. The number of amides is 1. The molecule has 1 amide bonds. The van der Waals surface area contributed by atoms with Crippen LogP contribution in [0.15, 0.2) is 42.7 Å². The standard InChI is InChI=1S/C30H34F3N5O2/c1-18(20-7-6-8-20)34-15-19-11-22-23(25(12-19)30(31,32)33)16-38(27(22)39)26-10-5-4-9-24(26)29(13-21(14-29)40-3)28-36-35-17-37(28)2/h4-5,9-12,17-18,20-21,34H,6-8,13-16H2,1-3H3/t18-,21?,29?/m1/s1. The SMILES string of the molecule is COC1CC(c2ccccc2N2Cc3c(cc(CN[C@H](C)C4CCC4)cc3C(F)(F)F)C2=O)(c2nncn2C)C1. The second-order valence-corrected chi connectivity index (χ2v) is 11.5. The van der Waals surface area contributed by atoms with Gasteiger partial charge in [-0.2, -0.15) is 13.2 Å². The van der Waals surface area contributed by atoms with E-state index >= 15 is 0 Å². The van der Waals surface area contributed by atoms with E-state index in [4.69, 9.17) is 4.74 Å². The topological polar surface area (TPSA) is 72.3 Å². The van der Waals surface area contributed by atoms with Crippen molar-refractivity contribution in [2.75, 3.05) is 12.0 Å². The molecule has 0 spiro atoms. The molecule has 1 atom stereocenters. The minimum absolute atomic E-state index is 0.00505. The summed E-state index contributed by atoms with van der Waals surface area (Å²) in [4.78, 5) is 15.4. The highest BCUT2D eigenvalue weighted by atomic mass is 19.4. The van der Waals surface area contributed by atoms with Crippen LogP contribution >= 0.6 is 0 Å². The first-order valence-corrected chi connectivity index (χ1v) is 13.9. The molecule has 0 saturated heterocycles. The van der Waals surface area contributed by atoms with Gasteiger partial charge in [-0.25, -0.2) is 0 Å². The fourth-order valence-electron chi connectivity index (χ4n) is 6.64. The zero-order valence-corrected chi connectivity index (χ0v) is 23.0. The number of anilines is 1. The Morgan fingerprint density at radius 3 is 2.58 bits per heavy atom. The van der Waals surface area contributed by atoms with Crippen LogP contribution < -0.4 is 10.2 Å². The molecule has 3 aliphatic rings. The first-order chi connectivity index (χ1) is 19.1. The number of hydrogen-bond acceptors (Lipinski definition) is 5. The number of carbonyl (C=O) groups is 1. The van der Waals surface area contributed by atoms with Crippen LogP contribution in [-0.4, -0.2) is 39.9 Å². The summed E-state index contributed by atoms with van der Waals surface area (Å²) >= 11 is 0. The van der Waals surface area contributed by atoms with Crippen molar-refractivity contribution < 1.29 is 22.7 Å². The average molecular weight is 554 g/mol. The fraction of sp³-hybridized carbons (Fsp3) is 0.500. The van der Waals surface area contributed by atoms with E-state index in [2.05, 4.69) is 22.4 Å². The fourth-order valence-corrected chi connectivity index (χ4v) is 6.64. The third kappa shape index (κ3) is 4.41. The van der Waals surface area contributed by atoms with Gasteiger partial charge in [-0.05, 0) is 73.4 Å². The summed E-state index contributed by atoms with van der Waals surface area (Å²) in [5.74, 6) is 0.871. The van der Waals surface area contributed by atoms with Crippen molar-refractivity contribution in [2.45, 2.75) is 75.9 Å². The van der Waals surface area contributed by atoms with E-state index in [-0.39, 0.29) is 36.4 Å². The first-order valence-electron chi connectivity index (χ1n) is 13.9. The molecule has 3 aromatic rings. The lowest BCUT2D eigenvalue weighted by molar-refractivity contribution is -0.138. The Balaban J connectivity index is 1.37. The molecule has 2 saturated carbocycles. The van der Waals surface area contributed by atoms with Crippen molar-refractivity contribution >= 4 is 11.6 Å². The van der Waals surface area contributed by atoms with Gasteiger partial charge in [0.15, 0.2) is 0 Å². The van der Waals surface area contributed by atoms with Crippen molar-refractivity contribution in [1.29, 1.82) is 0 Å². The summed E-state index contributed by atoms with van der Waals surface area (Å²) in [6, 6.07) is 10.5. The maximum atomic E-state index is 14.3. The number of carbonyl (C=O) groups excluding carboxylic acids is 1. The van der Waals surface area contributed by atoms with Crippen molar-refractivity contribution in [3.8, 4) is 0 Å². The van der Waals surface area contributed by atoms with Crippen LogP contribution in [0.4, 0.5) is 18.9 Å². The van der Waals surface area contributed by atoms with Crippen LogP contribution in [0.5, 0.6) is 0 Å². The third-order valence-electron chi connectivity index (χ3n) is 9.23. The number of ether oxygens (including phenoxy) is 1. The van der Waals surface area contributed by atoms with Gasteiger partial charge in [-0.15, -0.1) is 10.2 Å². The number of nitrogens with one attached hydrogen (secondary N) is 1. The molecule has 2 fully saturated rings. The van der Waals surface area contributed by atoms with Gasteiger partial charge in [0.05, 0.1) is 23.6 Å². The van der Waals surface area contributed by atoms with Crippen molar-refractivity contribution in [1.82, 2.24) is 20.1 Å². The Labute approximate surface area is 231 Å². The van der Waals surface area contributed by atoms with Gasteiger partial charge in [0.1, 0.15) is 12.2 Å². The zero-order chi connectivity index (χ0) is 28.2. The molecule has 7 nitrogen and oxygen atoms in total. The summed E-state index contributed by atoms with van der Waals surface area (Å²) < 4.78 is 50.5. The summed E-state index contributed by atoms with van der Waals surface area (Å²) in [5.41, 5.74) is 0.735. The monoisotopic (exact) mass is 553 g/mol. The van der Waals surface area contributed by atoms with Gasteiger partial charge in [-0.1, -0.05) is 24.6 Å². The van der Waals surface area contributed by atoms with Gasteiger partial charge in [-0.3, -0.25) is 4.79 Å². The Hall–Kier alpha value is -3.24. The number of halogens is 3. The van der Waals surface area contributed by atoms with E-state index in [1.807, 2.05) is 35.9 Å². The lowest BCUT2D eigenvalue weighted by Crippen LogP contribution is -2.49.